The Balaban J connectivity index is 1.72. The number of hydrogen-bond acceptors (Lipinski definition) is 6. The molecule has 0 fully saturated rings. The lowest BCUT2D eigenvalue weighted by molar-refractivity contribution is 0.431. The minimum Gasteiger partial charge on any atom is -0.343 e. The maximum absolute atomic E-state index is 5.31. The average molecular weight is 328 g/mol. The standard InChI is InChI=1S/C17H20N4OS/c1-11(15-19-13(10-23-15)17(2,3)4)18-16-20-14(22-21-16)12-8-6-5-7-9-12/h5-11H,1-4H3,(H,18,21). The summed E-state index contributed by atoms with van der Waals surface area (Å²) in [4.78, 5) is 9.10. The highest BCUT2D eigenvalue weighted by atomic mass is 32.1. The van der Waals surface area contributed by atoms with Crippen molar-refractivity contribution in [1.82, 2.24) is 15.1 Å². The smallest absolute Gasteiger partial charge is 0.264 e. The summed E-state index contributed by atoms with van der Waals surface area (Å²) in [7, 11) is 0. The van der Waals surface area contributed by atoms with Crippen molar-refractivity contribution >= 4 is 17.3 Å². The Morgan fingerprint density at radius 1 is 1.13 bits per heavy atom. The normalized spacial score (nSPS) is 13.0. The first kappa shape index (κ1) is 15.7. The molecule has 0 aliphatic heterocycles. The summed E-state index contributed by atoms with van der Waals surface area (Å²) in [6, 6.07) is 9.75. The molecule has 1 unspecified atom stereocenters. The summed E-state index contributed by atoms with van der Waals surface area (Å²) in [5.41, 5.74) is 2.07. The fourth-order valence-electron chi connectivity index (χ4n) is 2.07. The van der Waals surface area contributed by atoms with Gasteiger partial charge in [0.1, 0.15) is 5.01 Å². The SMILES string of the molecule is CC(Nc1noc(-c2ccccc2)n1)c1nc(C(C)(C)C)cs1. The third-order valence-electron chi connectivity index (χ3n) is 3.45. The molecule has 0 amide bonds. The zero-order chi connectivity index (χ0) is 16.4. The van der Waals surface area contributed by atoms with Crippen molar-refractivity contribution < 1.29 is 4.52 Å². The number of aromatic nitrogens is 3. The highest BCUT2D eigenvalue weighted by Gasteiger charge is 2.20. The fourth-order valence-corrected chi connectivity index (χ4v) is 3.12. The van der Waals surface area contributed by atoms with Crippen molar-refractivity contribution in [1.29, 1.82) is 0 Å². The first-order chi connectivity index (χ1) is 10.9. The van der Waals surface area contributed by atoms with Gasteiger partial charge in [0, 0.05) is 16.4 Å². The lowest BCUT2D eigenvalue weighted by Gasteiger charge is -2.15. The number of nitrogens with one attached hydrogen (secondary N) is 1. The van der Waals surface area contributed by atoms with E-state index in [1.165, 1.54) is 0 Å². The molecule has 0 saturated carbocycles. The van der Waals surface area contributed by atoms with Crippen molar-refractivity contribution in [3.05, 3.63) is 46.4 Å². The van der Waals surface area contributed by atoms with Crippen LogP contribution in [-0.2, 0) is 5.41 Å². The molecule has 0 bridgehead atoms. The molecule has 2 aromatic heterocycles. The largest absolute Gasteiger partial charge is 0.343 e. The quantitative estimate of drug-likeness (QED) is 0.754. The monoisotopic (exact) mass is 328 g/mol. The van der Waals surface area contributed by atoms with E-state index in [1.54, 1.807) is 11.3 Å². The third kappa shape index (κ3) is 3.59. The Bertz CT molecular complexity index is 773. The van der Waals surface area contributed by atoms with Crippen LogP contribution in [0.5, 0.6) is 0 Å². The third-order valence-corrected chi connectivity index (χ3v) is 4.48. The molecule has 23 heavy (non-hydrogen) atoms. The van der Waals surface area contributed by atoms with Crippen LogP contribution in [0.15, 0.2) is 40.2 Å². The van der Waals surface area contributed by atoms with E-state index in [9.17, 15) is 0 Å². The highest BCUT2D eigenvalue weighted by Crippen LogP contribution is 2.28. The first-order valence-electron chi connectivity index (χ1n) is 7.55. The first-order valence-corrected chi connectivity index (χ1v) is 8.43. The second-order valence-corrected chi connectivity index (χ2v) is 7.37. The van der Waals surface area contributed by atoms with Gasteiger partial charge in [-0.1, -0.05) is 39.0 Å². The van der Waals surface area contributed by atoms with Gasteiger partial charge < -0.3 is 9.84 Å². The van der Waals surface area contributed by atoms with Gasteiger partial charge in [0.05, 0.1) is 11.7 Å². The molecule has 2 heterocycles. The molecular formula is C17H20N4OS. The van der Waals surface area contributed by atoms with Crippen molar-refractivity contribution in [3.8, 4) is 11.5 Å². The number of rotatable bonds is 4. The number of anilines is 1. The van der Waals surface area contributed by atoms with E-state index in [2.05, 4.69) is 41.6 Å². The predicted molar refractivity (Wildman–Crippen MR) is 92.6 cm³/mol. The molecule has 0 aliphatic carbocycles. The second-order valence-electron chi connectivity index (χ2n) is 6.48. The van der Waals surface area contributed by atoms with Crippen LogP contribution >= 0.6 is 11.3 Å². The Morgan fingerprint density at radius 3 is 2.52 bits per heavy atom. The van der Waals surface area contributed by atoms with Crippen LogP contribution in [0.2, 0.25) is 0 Å². The topological polar surface area (TPSA) is 63.8 Å². The summed E-state index contributed by atoms with van der Waals surface area (Å²) in [6.45, 7) is 8.53. The molecule has 6 heteroatoms. The second kappa shape index (κ2) is 6.12. The van der Waals surface area contributed by atoms with Gasteiger partial charge in [-0.15, -0.1) is 11.3 Å². The number of thiazole rings is 1. The zero-order valence-corrected chi connectivity index (χ0v) is 14.5. The van der Waals surface area contributed by atoms with E-state index < -0.39 is 0 Å². The van der Waals surface area contributed by atoms with E-state index in [1.807, 2.05) is 37.3 Å². The van der Waals surface area contributed by atoms with Crippen molar-refractivity contribution in [3.63, 3.8) is 0 Å². The summed E-state index contributed by atoms with van der Waals surface area (Å²) in [5.74, 6) is 0.985. The molecule has 1 aromatic carbocycles. The van der Waals surface area contributed by atoms with Gasteiger partial charge in [-0.2, -0.15) is 4.98 Å². The molecule has 0 spiro atoms. The van der Waals surface area contributed by atoms with Crippen LogP contribution in [0.25, 0.3) is 11.5 Å². The summed E-state index contributed by atoms with van der Waals surface area (Å²) >= 11 is 1.65. The van der Waals surface area contributed by atoms with E-state index in [0.717, 1.165) is 16.3 Å². The molecule has 3 aromatic rings. The van der Waals surface area contributed by atoms with Gasteiger partial charge in [0.25, 0.3) is 11.8 Å². The molecule has 0 radical (unpaired) electrons. The highest BCUT2D eigenvalue weighted by molar-refractivity contribution is 7.09. The van der Waals surface area contributed by atoms with Crippen LogP contribution in [0.4, 0.5) is 5.95 Å². The molecule has 120 valence electrons. The minimum atomic E-state index is 0.0253. The lowest BCUT2D eigenvalue weighted by Crippen LogP contribution is -2.13. The van der Waals surface area contributed by atoms with E-state index in [4.69, 9.17) is 9.51 Å². The predicted octanol–water partition coefficient (Wildman–Crippen LogP) is 4.66. The Morgan fingerprint density at radius 2 is 1.87 bits per heavy atom. The fraction of sp³-hybridized carbons (Fsp3) is 0.353. The van der Waals surface area contributed by atoms with Crippen molar-refractivity contribution in [2.45, 2.75) is 39.2 Å². The van der Waals surface area contributed by atoms with Gasteiger partial charge >= 0.3 is 0 Å². The molecular weight excluding hydrogens is 308 g/mol. The molecule has 1 N–H and O–H groups in total. The van der Waals surface area contributed by atoms with Gasteiger partial charge in [-0.25, -0.2) is 4.98 Å². The number of nitrogens with zero attached hydrogens (tertiary/aromatic N) is 3. The van der Waals surface area contributed by atoms with Crippen LogP contribution in [0, 0.1) is 0 Å². The minimum absolute atomic E-state index is 0.0253. The molecule has 3 rings (SSSR count). The Kier molecular flexibility index (Phi) is 4.17. The summed E-state index contributed by atoms with van der Waals surface area (Å²) < 4.78 is 5.31. The van der Waals surface area contributed by atoms with E-state index in [-0.39, 0.29) is 11.5 Å². The van der Waals surface area contributed by atoms with Gasteiger partial charge in [0.2, 0.25) is 0 Å². The van der Waals surface area contributed by atoms with E-state index in [0.29, 0.717) is 11.8 Å². The van der Waals surface area contributed by atoms with Gasteiger partial charge in [-0.3, -0.25) is 0 Å². The van der Waals surface area contributed by atoms with Crippen LogP contribution in [0.3, 0.4) is 0 Å². The maximum atomic E-state index is 5.31. The van der Waals surface area contributed by atoms with Crippen LogP contribution < -0.4 is 5.32 Å². The van der Waals surface area contributed by atoms with Crippen molar-refractivity contribution in [2.24, 2.45) is 0 Å². The lowest BCUT2D eigenvalue weighted by atomic mass is 9.93. The summed E-state index contributed by atoms with van der Waals surface area (Å²) in [6.07, 6.45) is 0. The molecule has 1 atom stereocenters. The van der Waals surface area contributed by atoms with Crippen LogP contribution in [0.1, 0.15) is 44.4 Å². The number of hydrogen-bond donors (Lipinski definition) is 1. The van der Waals surface area contributed by atoms with Crippen molar-refractivity contribution in [2.75, 3.05) is 5.32 Å². The molecule has 0 saturated heterocycles. The molecule has 5 nitrogen and oxygen atoms in total. The van der Waals surface area contributed by atoms with Gasteiger partial charge in [-0.05, 0) is 24.2 Å². The maximum Gasteiger partial charge on any atom is 0.264 e. The summed E-state index contributed by atoms with van der Waals surface area (Å²) in [5, 5.41) is 10.4. The van der Waals surface area contributed by atoms with E-state index >= 15 is 0 Å². The Hall–Kier alpha value is -2.21. The Labute approximate surface area is 139 Å². The number of benzene rings is 1. The van der Waals surface area contributed by atoms with Gasteiger partial charge in [0.15, 0.2) is 0 Å². The molecule has 0 aliphatic rings. The van der Waals surface area contributed by atoms with Crippen LogP contribution in [-0.4, -0.2) is 15.1 Å². The zero-order valence-electron chi connectivity index (χ0n) is 13.7. The average Bonchev–Trinajstić information content (AvgIpc) is 3.17.